The largest absolute Gasteiger partial charge is 0.388 e. The smallest absolute Gasteiger partial charge is 0.0924 e. The first-order valence-electron chi connectivity index (χ1n) is 7.31. The van der Waals surface area contributed by atoms with Crippen molar-refractivity contribution in [2.75, 3.05) is 33.7 Å². The fourth-order valence-corrected chi connectivity index (χ4v) is 2.47. The SMILES string of the molecule is CCN(CCCN(C)C)C(CC(=N)N)c1ccccc1. The Bertz CT molecular complexity index is 389. The van der Waals surface area contributed by atoms with Crippen molar-refractivity contribution in [3.63, 3.8) is 0 Å². The molecule has 0 aliphatic rings. The summed E-state index contributed by atoms with van der Waals surface area (Å²) < 4.78 is 0. The van der Waals surface area contributed by atoms with Gasteiger partial charge in [0.05, 0.1) is 5.84 Å². The molecule has 20 heavy (non-hydrogen) atoms. The van der Waals surface area contributed by atoms with Crippen molar-refractivity contribution in [2.24, 2.45) is 5.73 Å². The van der Waals surface area contributed by atoms with Gasteiger partial charge in [0.1, 0.15) is 0 Å². The van der Waals surface area contributed by atoms with Crippen LogP contribution in [-0.4, -0.2) is 49.4 Å². The highest BCUT2D eigenvalue weighted by atomic mass is 15.2. The summed E-state index contributed by atoms with van der Waals surface area (Å²) in [5, 5.41) is 7.63. The van der Waals surface area contributed by atoms with Gasteiger partial charge in [0.2, 0.25) is 0 Å². The van der Waals surface area contributed by atoms with E-state index in [1.807, 2.05) is 6.07 Å². The topological polar surface area (TPSA) is 56.4 Å². The molecule has 0 heterocycles. The molecule has 0 aromatic heterocycles. The zero-order valence-corrected chi connectivity index (χ0v) is 13.0. The summed E-state index contributed by atoms with van der Waals surface area (Å²) in [5.41, 5.74) is 6.89. The van der Waals surface area contributed by atoms with Gasteiger partial charge in [-0.2, -0.15) is 0 Å². The van der Waals surface area contributed by atoms with E-state index < -0.39 is 0 Å². The normalized spacial score (nSPS) is 12.8. The van der Waals surface area contributed by atoms with Crippen molar-refractivity contribution in [2.45, 2.75) is 25.8 Å². The van der Waals surface area contributed by atoms with Crippen molar-refractivity contribution in [3.8, 4) is 0 Å². The molecule has 0 fully saturated rings. The van der Waals surface area contributed by atoms with Crippen LogP contribution < -0.4 is 5.73 Å². The molecule has 0 saturated carbocycles. The Kier molecular flexibility index (Phi) is 7.26. The third kappa shape index (κ3) is 5.72. The molecule has 0 bridgehead atoms. The number of amidine groups is 1. The van der Waals surface area contributed by atoms with Crippen LogP contribution in [0.5, 0.6) is 0 Å². The average molecular weight is 276 g/mol. The van der Waals surface area contributed by atoms with Crippen LogP contribution in [0.15, 0.2) is 30.3 Å². The summed E-state index contributed by atoms with van der Waals surface area (Å²) in [7, 11) is 4.20. The average Bonchev–Trinajstić information content (AvgIpc) is 2.42. The van der Waals surface area contributed by atoms with E-state index in [2.05, 4.69) is 55.1 Å². The van der Waals surface area contributed by atoms with E-state index in [1.165, 1.54) is 5.56 Å². The Hall–Kier alpha value is -1.39. The Labute approximate surface area is 123 Å². The molecule has 3 N–H and O–H groups in total. The molecule has 1 aromatic rings. The minimum absolute atomic E-state index is 0.209. The Morgan fingerprint density at radius 3 is 2.35 bits per heavy atom. The predicted molar refractivity (Wildman–Crippen MR) is 86.1 cm³/mol. The molecule has 0 aliphatic carbocycles. The van der Waals surface area contributed by atoms with Gasteiger partial charge < -0.3 is 10.6 Å². The van der Waals surface area contributed by atoms with E-state index in [9.17, 15) is 0 Å². The lowest BCUT2D eigenvalue weighted by Crippen LogP contribution is -2.33. The standard InChI is InChI=1S/C16H28N4/c1-4-20(12-8-11-19(2)3)15(13-16(17)18)14-9-6-5-7-10-14/h5-7,9-10,15H,4,8,11-13H2,1-3H3,(H3,17,18). The van der Waals surface area contributed by atoms with Gasteiger partial charge in [0.15, 0.2) is 0 Å². The maximum absolute atomic E-state index is 7.63. The van der Waals surface area contributed by atoms with Gasteiger partial charge in [-0.15, -0.1) is 0 Å². The quantitative estimate of drug-likeness (QED) is 0.537. The first-order valence-corrected chi connectivity index (χ1v) is 7.31. The summed E-state index contributed by atoms with van der Waals surface area (Å²) in [5.74, 6) is 0.255. The lowest BCUT2D eigenvalue weighted by molar-refractivity contribution is 0.201. The van der Waals surface area contributed by atoms with Gasteiger partial charge >= 0.3 is 0 Å². The van der Waals surface area contributed by atoms with Gasteiger partial charge in [-0.25, -0.2) is 0 Å². The molecule has 0 spiro atoms. The number of hydrogen-bond acceptors (Lipinski definition) is 3. The van der Waals surface area contributed by atoms with E-state index in [4.69, 9.17) is 11.1 Å². The van der Waals surface area contributed by atoms with Crippen molar-refractivity contribution in [1.29, 1.82) is 5.41 Å². The van der Waals surface area contributed by atoms with Crippen LogP contribution in [0.3, 0.4) is 0 Å². The van der Waals surface area contributed by atoms with Crippen LogP contribution in [0.4, 0.5) is 0 Å². The predicted octanol–water partition coefficient (Wildman–Crippen LogP) is 2.33. The second kappa shape index (κ2) is 8.72. The maximum atomic E-state index is 7.63. The molecule has 112 valence electrons. The lowest BCUT2D eigenvalue weighted by Gasteiger charge is -2.31. The summed E-state index contributed by atoms with van der Waals surface area (Å²) in [4.78, 5) is 4.62. The Balaban J connectivity index is 2.76. The first kappa shape index (κ1) is 16.7. The van der Waals surface area contributed by atoms with Crippen LogP contribution >= 0.6 is 0 Å². The minimum atomic E-state index is 0.209. The fraction of sp³-hybridized carbons (Fsp3) is 0.562. The second-order valence-electron chi connectivity index (χ2n) is 5.44. The Morgan fingerprint density at radius 1 is 1.20 bits per heavy atom. The van der Waals surface area contributed by atoms with Gasteiger partial charge in [-0.05, 0) is 45.7 Å². The van der Waals surface area contributed by atoms with Gasteiger partial charge in [0, 0.05) is 12.5 Å². The number of nitrogens with two attached hydrogens (primary N) is 1. The van der Waals surface area contributed by atoms with Crippen molar-refractivity contribution in [1.82, 2.24) is 9.80 Å². The van der Waals surface area contributed by atoms with Gasteiger partial charge in [0.25, 0.3) is 0 Å². The molecule has 4 nitrogen and oxygen atoms in total. The Morgan fingerprint density at radius 2 is 1.85 bits per heavy atom. The third-order valence-corrected chi connectivity index (χ3v) is 3.50. The van der Waals surface area contributed by atoms with E-state index in [0.717, 1.165) is 26.1 Å². The maximum Gasteiger partial charge on any atom is 0.0924 e. The van der Waals surface area contributed by atoms with Crippen molar-refractivity contribution in [3.05, 3.63) is 35.9 Å². The first-order chi connectivity index (χ1) is 9.54. The molecule has 1 rings (SSSR count). The van der Waals surface area contributed by atoms with Crippen LogP contribution in [0.2, 0.25) is 0 Å². The van der Waals surface area contributed by atoms with Gasteiger partial charge in [-0.1, -0.05) is 37.3 Å². The van der Waals surface area contributed by atoms with Gasteiger partial charge in [-0.3, -0.25) is 10.3 Å². The van der Waals surface area contributed by atoms with E-state index in [-0.39, 0.29) is 11.9 Å². The van der Waals surface area contributed by atoms with Crippen molar-refractivity contribution >= 4 is 5.84 Å². The molecular formula is C16H28N4. The van der Waals surface area contributed by atoms with Crippen LogP contribution in [-0.2, 0) is 0 Å². The lowest BCUT2D eigenvalue weighted by atomic mass is 10.0. The molecule has 1 aromatic carbocycles. The second-order valence-corrected chi connectivity index (χ2v) is 5.44. The van der Waals surface area contributed by atoms with Crippen LogP contribution in [0, 0.1) is 5.41 Å². The molecule has 1 atom stereocenters. The fourth-order valence-electron chi connectivity index (χ4n) is 2.47. The molecule has 0 saturated heterocycles. The summed E-state index contributed by atoms with van der Waals surface area (Å²) in [6.45, 7) is 5.26. The number of nitrogens with zero attached hydrogens (tertiary/aromatic N) is 2. The number of hydrogen-bond donors (Lipinski definition) is 2. The summed E-state index contributed by atoms with van der Waals surface area (Å²) >= 11 is 0. The van der Waals surface area contributed by atoms with Crippen LogP contribution in [0.1, 0.15) is 31.4 Å². The highest BCUT2D eigenvalue weighted by Gasteiger charge is 2.19. The zero-order chi connectivity index (χ0) is 15.0. The van der Waals surface area contributed by atoms with E-state index in [1.54, 1.807) is 0 Å². The number of rotatable bonds is 9. The van der Waals surface area contributed by atoms with E-state index in [0.29, 0.717) is 6.42 Å². The molecule has 0 amide bonds. The molecular weight excluding hydrogens is 248 g/mol. The molecule has 1 unspecified atom stereocenters. The van der Waals surface area contributed by atoms with Crippen LogP contribution in [0.25, 0.3) is 0 Å². The van der Waals surface area contributed by atoms with E-state index >= 15 is 0 Å². The molecule has 4 heteroatoms. The summed E-state index contributed by atoms with van der Waals surface area (Å²) in [6.07, 6.45) is 1.72. The molecule has 0 aliphatic heterocycles. The monoisotopic (exact) mass is 276 g/mol. The third-order valence-electron chi connectivity index (χ3n) is 3.50. The number of benzene rings is 1. The number of nitrogens with one attached hydrogen (secondary N) is 1. The molecule has 0 radical (unpaired) electrons. The highest BCUT2D eigenvalue weighted by Crippen LogP contribution is 2.24. The zero-order valence-electron chi connectivity index (χ0n) is 13.0. The summed E-state index contributed by atoms with van der Waals surface area (Å²) in [6, 6.07) is 10.6. The highest BCUT2D eigenvalue weighted by molar-refractivity contribution is 5.77. The van der Waals surface area contributed by atoms with Crippen molar-refractivity contribution < 1.29 is 0 Å². The minimum Gasteiger partial charge on any atom is -0.388 e.